The van der Waals surface area contributed by atoms with Gasteiger partial charge in [0.05, 0.1) is 4.92 Å². The van der Waals surface area contributed by atoms with Crippen molar-refractivity contribution in [2.75, 3.05) is 31.1 Å². The molecule has 0 atom stereocenters. The maximum Gasteiger partial charge on any atom is 0.293 e. The van der Waals surface area contributed by atoms with Gasteiger partial charge in [0.1, 0.15) is 5.69 Å². The topological polar surface area (TPSA) is 66.7 Å². The molecular weight excluding hydrogens is 282 g/mol. The first-order valence-electron chi connectivity index (χ1n) is 7.49. The van der Waals surface area contributed by atoms with Crippen molar-refractivity contribution in [2.24, 2.45) is 0 Å². The van der Waals surface area contributed by atoms with Gasteiger partial charge in [-0.15, -0.1) is 0 Å². The summed E-state index contributed by atoms with van der Waals surface area (Å²) < 4.78 is 0. The lowest BCUT2D eigenvalue weighted by molar-refractivity contribution is -0.384. The van der Waals surface area contributed by atoms with E-state index in [4.69, 9.17) is 0 Å². The number of nitro benzene ring substituents is 1. The van der Waals surface area contributed by atoms with Crippen molar-refractivity contribution >= 4 is 17.2 Å². The lowest BCUT2D eigenvalue weighted by atomic mass is 10.0. The molecule has 0 radical (unpaired) electrons. The first kappa shape index (κ1) is 16.4. The molecule has 6 heteroatoms. The molecule has 1 aromatic rings. The van der Waals surface area contributed by atoms with Crippen LogP contribution in [0.25, 0.3) is 0 Å². The third kappa shape index (κ3) is 3.44. The Bertz CT molecular complexity index is 585. The van der Waals surface area contributed by atoms with E-state index in [1.54, 1.807) is 12.1 Å². The van der Waals surface area contributed by atoms with E-state index < -0.39 is 4.92 Å². The van der Waals surface area contributed by atoms with E-state index in [9.17, 15) is 14.9 Å². The summed E-state index contributed by atoms with van der Waals surface area (Å²) in [7, 11) is 0. The van der Waals surface area contributed by atoms with E-state index in [0.29, 0.717) is 11.3 Å². The molecule has 120 valence electrons. The molecule has 0 N–H and O–H groups in total. The molecule has 1 saturated heterocycles. The van der Waals surface area contributed by atoms with Crippen molar-refractivity contribution in [2.45, 2.75) is 33.2 Å². The van der Waals surface area contributed by atoms with E-state index in [1.165, 1.54) is 13.0 Å². The highest BCUT2D eigenvalue weighted by atomic mass is 16.6. The summed E-state index contributed by atoms with van der Waals surface area (Å²) in [4.78, 5) is 26.7. The zero-order valence-corrected chi connectivity index (χ0v) is 13.6. The summed E-state index contributed by atoms with van der Waals surface area (Å²) in [5, 5.41) is 11.3. The zero-order valence-electron chi connectivity index (χ0n) is 13.6. The van der Waals surface area contributed by atoms with Crippen molar-refractivity contribution < 1.29 is 9.72 Å². The maximum atomic E-state index is 11.4. The van der Waals surface area contributed by atoms with Crippen LogP contribution in [0.1, 0.15) is 38.1 Å². The van der Waals surface area contributed by atoms with Crippen LogP contribution in [0.2, 0.25) is 0 Å². The van der Waals surface area contributed by atoms with Crippen LogP contribution in [-0.2, 0) is 0 Å². The molecule has 0 amide bonds. The van der Waals surface area contributed by atoms with Crippen LogP contribution < -0.4 is 4.90 Å². The standard InChI is InChI=1S/C16H23N3O3/c1-12(20)13-5-6-14(15(11-13)19(21)22)17-7-9-18(10-8-17)16(2,3)4/h5-6,11H,7-10H2,1-4H3. The van der Waals surface area contributed by atoms with Crippen molar-refractivity contribution in [1.29, 1.82) is 0 Å². The Morgan fingerprint density at radius 2 is 1.77 bits per heavy atom. The second kappa shape index (κ2) is 6.04. The number of benzene rings is 1. The third-order valence-corrected chi connectivity index (χ3v) is 4.15. The molecule has 1 aliphatic rings. The summed E-state index contributed by atoms with van der Waals surface area (Å²) in [5.41, 5.74) is 1.10. The van der Waals surface area contributed by atoms with Crippen LogP contribution in [0.15, 0.2) is 18.2 Å². The number of nitro groups is 1. The molecule has 1 heterocycles. The minimum absolute atomic E-state index is 0.0110. The summed E-state index contributed by atoms with van der Waals surface area (Å²) in [6.07, 6.45) is 0. The summed E-state index contributed by atoms with van der Waals surface area (Å²) >= 11 is 0. The van der Waals surface area contributed by atoms with Crippen LogP contribution >= 0.6 is 0 Å². The van der Waals surface area contributed by atoms with Crippen LogP contribution in [0.4, 0.5) is 11.4 Å². The zero-order chi connectivity index (χ0) is 16.5. The fourth-order valence-corrected chi connectivity index (χ4v) is 2.77. The molecule has 0 aliphatic carbocycles. The first-order chi connectivity index (χ1) is 10.2. The smallest absolute Gasteiger partial charge is 0.293 e. The molecule has 1 fully saturated rings. The van der Waals surface area contributed by atoms with Crippen LogP contribution in [-0.4, -0.2) is 47.3 Å². The molecule has 0 unspecified atom stereocenters. The average molecular weight is 305 g/mol. The molecule has 2 rings (SSSR count). The van der Waals surface area contributed by atoms with E-state index in [2.05, 4.69) is 25.7 Å². The number of Topliss-reactive ketones (excluding diaryl/α,β-unsaturated/α-hetero) is 1. The third-order valence-electron chi connectivity index (χ3n) is 4.15. The highest BCUT2D eigenvalue weighted by Gasteiger charge is 2.28. The first-order valence-corrected chi connectivity index (χ1v) is 7.49. The van der Waals surface area contributed by atoms with Gasteiger partial charge in [-0.05, 0) is 39.8 Å². The second-order valence-electron chi connectivity index (χ2n) is 6.66. The van der Waals surface area contributed by atoms with Gasteiger partial charge >= 0.3 is 0 Å². The van der Waals surface area contributed by atoms with E-state index in [0.717, 1.165) is 26.2 Å². The number of piperazine rings is 1. The highest BCUT2D eigenvalue weighted by molar-refractivity contribution is 5.95. The normalized spacial score (nSPS) is 16.6. The minimum Gasteiger partial charge on any atom is -0.363 e. The Hall–Kier alpha value is -1.95. The SMILES string of the molecule is CC(=O)c1ccc(N2CCN(C(C)(C)C)CC2)c([N+](=O)[O-])c1. The number of carbonyl (C=O) groups is 1. The lowest BCUT2D eigenvalue weighted by Gasteiger charge is -2.42. The molecule has 0 spiro atoms. The van der Waals surface area contributed by atoms with E-state index in [-0.39, 0.29) is 17.0 Å². The molecule has 6 nitrogen and oxygen atoms in total. The summed E-state index contributed by atoms with van der Waals surface area (Å²) in [6.45, 7) is 11.2. The van der Waals surface area contributed by atoms with E-state index >= 15 is 0 Å². The Kier molecular flexibility index (Phi) is 4.51. The molecule has 0 saturated carbocycles. The van der Waals surface area contributed by atoms with Crippen molar-refractivity contribution in [1.82, 2.24) is 4.90 Å². The molecule has 0 bridgehead atoms. The molecule has 22 heavy (non-hydrogen) atoms. The number of anilines is 1. The van der Waals surface area contributed by atoms with Gasteiger partial charge in [-0.3, -0.25) is 19.8 Å². The quantitative estimate of drug-likeness (QED) is 0.488. The van der Waals surface area contributed by atoms with Gasteiger partial charge in [0.15, 0.2) is 5.78 Å². The maximum absolute atomic E-state index is 11.4. The number of rotatable bonds is 3. The van der Waals surface area contributed by atoms with Gasteiger partial charge in [0.2, 0.25) is 0 Å². The van der Waals surface area contributed by atoms with E-state index in [1.807, 2.05) is 4.90 Å². The molecular formula is C16H23N3O3. The van der Waals surface area contributed by atoms with Gasteiger partial charge in [0, 0.05) is 43.3 Å². The Morgan fingerprint density at radius 3 is 2.23 bits per heavy atom. The van der Waals surface area contributed by atoms with Crippen molar-refractivity contribution in [3.05, 3.63) is 33.9 Å². The number of ketones is 1. The number of hydrogen-bond donors (Lipinski definition) is 0. The molecule has 1 aromatic carbocycles. The van der Waals surface area contributed by atoms with Crippen LogP contribution in [0.5, 0.6) is 0 Å². The van der Waals surface area contributed by atoms with Crippen LogP contribution in [0.3, 0.4) is 0 Å². The number of hydrogen-bond acceptors (Lipinski definition) is 5. The Labute approximate surface area is 130 Å². The molecule has 0 aromatic heterocycles. The highest BCUT2D eigenvalue weighted by Crippen LogP contribution is 2.31. The van der Waals surface area contributed by atoms with Gasteiger partial charge in [-0.25, -0.2) is 0 Å². The van der Waals surface area contributed by atoms with Gasteiger partial charge < -0.3 is 4.90 Å². The fourth-order valence-electron chi connectivity index (χ4n) is 2.77. The number of nitrogens with zero attached hydrogens (tertiary/aromatic N) is 3. The van der Waals surface area contributed by atoms with Crippen molar-refractivity contribution in [3.8, 4) is 0 Å². The molecule has 1 aliphatic heterocycles. The predicted octanol–water partition coefficient (Wildman–Crippen LogP) is 2.72. The largest absolute Gasteiger partial charge is 0.363 e. The fraction of sp³-hybridized carbons (Fsp3) is 0.562. The minimum atomic E-state index is -0.405. The monoisotopic (exact) mass is 305 g/mol. The predicted molar refractivity (Wildman–Crippen MR) is 86.6 cm³/mol. The summed E-state index contributed by atoms with van der Waals surface area (Å²) in [5.74, 6) is -0.160. The Morgan fingerprint density at radius 1 is 1.18 bits per heavy atom. The second-order valence-corrected chi connectivity index (χ2v) is 6.66. The van der Waals surface area contributed by atoms with Crippen molar-refractivity contribution in [3.63, 3.8) is 0 Å². The summed E-state index contributed by atoms with van der Waals surface area (Å²) in [6, 6.07) is 4.75. The van der Waals surface area contributed by atoms with Crippen LogP contribution in [0, 0.1) is 10.1 Å². The Balaban J connectivity index is 2.23. The van der Waals surface area contributed by atoms with Gasteiger partial charge in [-0.1, -0.05) is 0 Å². The van der Waals surface area contributed by atoms with Gasteiger partial charge in [-0.2, -0.15) is 0 Å². The average Bonchev–Trinajstić information content (AvgIpc) is 2.45. The van der Waals surface area contributed by atoms with Gasteiger partial charge in [0.25, 0.3) is 5.69 Å². The number of carbonyl (C=O) groups excluding carboxylic acids is 1. The lowest BCUT2D eigenvalue weighted by Crippen LogP contribution is -2.53.